The highest BCUT2D eigenvalue weighted by Gasteiger charge is 2.44. The number of hydrogen-bond acceptors (Lipinski definition) is 3. The number of nitrogens with zero attached hydrogens (tertiary/aromatic N) is 1. The largest absolute Gasteiger partial charge is 0.358 e. The van der Waals surface area contributed by atoms with Crippen LogP contribution in [-0.4, -0.2) is 42.9 Å². The highest BCUT2D eigenvalue weighted by Crippen LogP contribution is 2.29. The molecule has 3 unspecified atom stereocenters. The fourth-order valence-electron chi connectivity index (χ4n) is 2.67. The van der Waals surface area contributed by atoms with Crippen LogP contribution in [0.25, 0.3) is 0 Å². The van der Waals surface area contributed by atoms with Gasteiger partial charge in [-0.1, -0.05) is 0 Å². The third kappa shape index (κ3) is 1.60. The average molecular weight is 184 g/mol. The molecule has 2 rings (SSSR count). The van der Waals surface area contributed by atoms with Gasteiger partial charge in [0.25, 0.3) is 0 Å². The maximum atomic E-state index is 5.85. The molecule has 3 nitrogen and oxygen atoms in total. The molecule has 0 aromatic heterocycles. The van der Waals surface area contributed by atoms with Crippen molar-refractivity contribution in [2.45, 2.75) is 44.5 Å². The molecule has 76 valence electrons. The van der Waals surface area contributed by atoms with Gasteiger partial charge in [0.1, 0.15) is 5.72 Å². The van der Waals surface area contributed by atoms with Crippen molar-refractivity contribution in [2.75, 3.05) is 20.2 Å². The first-order valence-electron chi connectivity index (χ1n) is 5.24. The monoisotopic (exact) mass is 184 g/mol. The fourth-order valence-corrected chi connectivity index (χ4v) is 2.67. The molecular weight excluding hydrogens is 164 g/mol. The summed E-state index contributed by atoms with van der Waals surface area (Å²) in [6.45, 7) is 6.42. The van der Waals surface area contributed by atoms with Gasteiger partial charge in [-0.3, -0.25) is 10.2 Å². The smallest absolute Gasteiger partial charge is 0.132 e. The lowest BCUT2D eigenvalue weighted by atomic mass is 10.0. The minimum atomic E-state index is -0.106. The molecule has 0 amide bonds. The zero-order chi connectivity index (χ0) is 9.47. The van der Waals surface area contributed by atoms with Crippen molar-refractivity contribution in [3.8, 4) is 0 Å². The summed E-state index contributed by atoms with van der Waals surface area (Å²) in [5.74, 6) is 0. The number of rotatable bonds is 1. The van der Waals surface area contributed by atoms with Gasteiger partial charge in [0.2, 0.25) is 0 Å². The van der Waals surface area contributed by atoms with Gasteiger partial charge < -0.3 is 4.74 Å². The lowest BCUT2D eigenvalue weighted by Crippen LogP contribution is -2.54. The fraction of sp³-hybridized carbons (Fsp3) is 1.00. The molecule has 0 spiro atoms. The first kappa shape index (κ1) is 9.44. The van der Waals surface area contributed by atoms with Crippen molar-refractivity contribution in [3.63, 3.8) is 0 Å². The molecule has 3 heteroatoms. The predicted molar refractivity (Wildman–Crippen MR) is 52.6 cm³/mol. The minimum absolute atomic E-state index is 0.106. The Kier molecular flexibility index (Phi) is 2.34. The lowest BCUT2D eigenvalue weighted by molar-refractivity contribution is -0.0482. The van der Waals surface area contributed by atoms with E-state index in [1.165, 1.54) is 19.4 Å². The van der Waals surface area contributed by atoms with Crippen LogP contribution < -0.4 is 5.32 Å². The Morgan fingerprint density at radius 2 is 2.31 bits per heavy atom. The summed E-state index contributed by atoms with van der Waals surface area (Å²) in [5, 5.41) is 3.54. The summed E-state index contributed by atoms with van der Waals surface area (Å²) in [4.78, 5) is 2.41. The van der Waals surface area contributed by atoms with Crippen LogP contribution in [0.1, 0.15) is 26.7 Å². The molecule has 2 heterocycles. The van der Waals surface area contributed by atoms with Crippen molar-refractivity contribution in [2.24, 2.45) is 0 Å². The van der Waals surface area contributed by atoms with Crippen molar-refractivity contribution in [3.05, 3.63) is 0 Å². The Hall–Kier alpha value is -0.120. The molecule has 2 aliphatic rings. The minimum Gasteiger partial charge on any atom is -0.358 e. The van der Waals surface area contributed by atoms with Crippen LogP contribution in [0.3, 0.4) is 0 Å². The molecule has 0 aliphatic carbocycles. The van der Waals surface area contributed by atoms with Gasteiger partial charge in [-0.25, -0.2) is 0 Å². The van der Waals surface area contributed by atoms with Gasteiger partial charge in [0.05, 0.1) is 12.6 Å². The summed E-state index contributed by atoms with van der Waals surface area (Å²) < 4.78 is 5.85. The third-order valence-electron chi connectivity index (χ3n) is 3.32. The Morgan fingerprint density at radius 1 is 1.54 bits per heavy atom. The first-order chi connectivity index (χ1) is 6.12. The normalized spacial score (nSPS) is 47.3. The Bertz CT molecular complexity index is 197. The van der Waals surface area contributed by atoms with Crippen LogP contribution in [0.2, 0.25) is 0 Å². The van der Waals surface area contributed by atoms with Crippen LogP contribution in [-0.2, 0) is 4.74 Å². The topological polar surface area (TPSA) is 24.5 Å². The van der Waals surface area contributed by atoms with Crippen LogP contribution in [0.4, 0.5) is 0 Å². The van der Waals surface area contributed by atoms with Crippen molar-refractivity contribution >= 4 is 0 Å². The number of nitrogens with one attached hydrogen (secondary N) is 1. The zero-order valence-electron chi connectivity index (χ0n) is 8.84. The molecule has 2 aliphatic heterocycles. The quantitative estimate of drug-likeness (QED) is 0.652. The molecule has 0 saturated carbocycles. The number of ether oxygens (including phenoxy) is 1. The third-order valence-corrected chi connectivity index (χ3v) is 3.32. The standard InChI is InChI=1S/C10H20N2O/c1-8-7-13-10(2,11-8)9-5-4-6-12(9)3/h8-9,11H,4-7H2,1-3H3. The SMILES string of the molecule is CC1COC(C)(C2CCCN2C)N1. The van der Waals surface area contributed by atoms with Crippen LogP contribution in [0, 0.1) is 0 Å². The molecule has 0 radical (unpaired) electrons. The zero-order valence-corrected chi connectivity index (χ0v) is 8.84. The molecule has 3 atom stereocenters. The van der Waals surface area contributed by atoms with E-state index in [4.69, 9.17) is 4.74 Å². The molecule has 2 saturated heterocycles. The second kappa shape index (κ2) is 3.23. The Labute approximate surface area is 80.4 Å². The Morgan fingerprint density at radius 3 is 2.77 bits per heavy atom. The van der Waals surface area contributed by atoms with E-state index in [1.54, 1.807) is 0 Å². The van der Waals surface area contributed by atoms with E-state index in [9.17, 15) is 0 Å². The Balaban J connectivity index is 2.06. The van der Waals surface area contributed by atoms with E-state index in [-0.39, 0.29) is 5.72 Å². The van der Waals surface area contributed by atoms with Crippen LogP contribution >= 0.6 is 0 Å². The van der Waals surface area contributed by atoms with E-state index in [2.05, 4.69) is 31.1 Å². The molecule has 0 bridgehead atoms. The van der Waals surface area contributed by atoms with Gasteiger partial charge in [0.15, 0.2) is 0 Å². The van der Waals surface area contributed by atoms with E-state index >= 15 is 0 Å². The maximum Gasteiger partial charge on any atom is 0.132 e. The number of likely N-dealkylation sites (tertiary alicyclic amines) is 1. The predicted octanol–water partition coefficient (Wildman–Crippen LogP) is 0.805. The van der Waals surface area contributed by atoms with Gasteiger partial charge in [-0.2, -0.15) is 0 Å². The van der Waals surface area contributed by atoms with Crippen molar-refractivity contribution < 1.29 is 4.74 Å². The summed E-state index contributed by atoms with van der Waals surface area (Å²) in [5.41, 5.74) is -0.106. The summed E-state index contributed by atoms with van der Waals surface area (Å²) in [7, 11) is 2.19. The highest BCUT2D eigenvalue weighted by atomic mass is 16.5. The molecule has 0 aromatic rings. The average Bonchev–Trinajstić information content (AvgIpc) is 2.59. The van der Waals surface area contributed by atoms with Gasteiger partial charge in [0, 0.05) is 6.04 Å². The maximum absolute atomic E-state index is 5.85. The van der Waals surface area contributed by atoms with Gasteiger partial charge in [-0.05, 0) is 40.3 Å². The van der Waals surface area contributed by atoms with E-state index < -0.39 is 0 Å². The highest BCUT2D eigenvalue weighted by molar-refractivity contribution is 4.96. The second-order valence-electron chi connectivity index (χ2n) is 4.60. The van der Waals surface area contributed by atoms with Crippen LogP contribution in [0.15, 0.2) is 0 Å². The molecule has 13 heavy (non-hydrogen) atoms. The lowest BCUT2D eigenvalue weighted by Gasteiger charge is -2.35. The van der Waals surface area contributed by atoms with E-state index in [0.717, 1.165) is 6.61 Å². The van der Waals surface area contributed by atoms with Crippen molar-refractivity contribution in [1.82, 2.24) is 10.2 Å². The van der Waals surface area contributed by atoms with Crippen LogP contribution in [0.5, 0.6) is 0 Å². The molecule has 2 fully saturated rings. The number of hydrogen-bond donors (Lipinski definition) is 1. The van der Waals surface area contributed by atoms with E-state index in [0.29, 0.717) is 12.1 Å². The van der Waals surface area contributed by atoms with Gasteiger partial charge >= 0.3 is 0 Å². The molecule has 0 aromatic carbocycles. The summed E-state index contributed by atoms with van der Waals surface area (Å²) >= 11 is 0. The number of likely N-dealkylation sites (N-methyl/N-ethyl adjacent to an activating group) is 1. The van der Waals surface area contributed by atoms with E-state index in [1.807, 2.05) is 0 Å². The van der Waals surface area contributed by atoms with Gasteiger partial charge in [-0.15, -0.1) is 0 Å². The molecular formula is C10H20N2O. The second-order valence-corrected chi connectivity index (χ2v) is 4.60. The molecule has 1 N–H and O–H groups in total. The first-order valence-corrected chi connectivity index (χ1v) is 5.24. The summed E-state index contributed by atoms with van der Waals surface area (Å²) in [6.07, 6.45) is 2.56. The van der Waals surface area contributed by atoms with Crippen molar-refractivity contribution in [1.29, 1.82) is 0 Å². The summed E-state index contributed by atoms with van der Waals surface area (Å²) in [6, 6.07) is 1.05.